The molecule has 0 fully saturated rings. The van der Waals surface area contributed by atoms with E-state index in [-0.39, 0.29) is 5.49 Å². The maximum atomic E-state index is 13.0. The second kappa shape index (κ2) is 24.3. The standard InChI is InChI=1S/C16H12ClF3N4.C16H11ClN4O.C14H12ClN5.2C3H8/c17-12-5-4-10-7-13(15(23-21)24(22)14(10)8-12)9-2-1-3-11(6-9)16(18,19)20;1-22-13-4-2-3-10(7-13)14-8-11-5-6-12(17)9-15(11)21-16(14)18-19-20-21;15-11-2-1-10-7-12(9-3-5-18-6-4-9)14(19-16)20(17)13(10)8-11;2*1-3-2/h1-8H,21-22H2;2-9H,1H3;1-8H,16-17H2;2*3H2,1-2H3/b23-15-;;19-14-;;. The molecule has 0 aliphatic rings. The molecule has 14 nitrogen and oxygen atoms in total. The Bertz CT molecular complexity index is 3620. The molecule has 0 spiro atoms. The molecule has 0 aliphatic carbocycles. The van der Waals surface area contributed by atoms with Gasteiger partial charge in [0.05, 0.1) is 29.2 Å². The third-order valence-corrected chi connectivity index (χ3v) is 11.1. The van der Waals surface area contributed by atoms with Crippen LogP contribution in [-0.2, 0) is 6.18 Å². The SMILES string of the molecule is CCC.CCC.COc1cccc(-c2cc3ccc(Cl)cc3n3nnnc23)c1.N/N=c1/c(-c2cccc(C(F)(F)F)c2)cc2ccc(Cl)cc2n1N.N/N=c1/c(-c2ccncc2)cc2ccc(Cl)cc2n1N. The average Bonchev–Trinajstić information content (AvgIpc) is 3.88. The Hall–Kier alpha value is -7.86. The Labute approximate surface area is 427 Å². The molecule has 72 heavy (non-hydrogen) atoms. The number of nitrogens with zero attached hydrogens (tertiary/aromatic N) is 9. The summed E-state index contributed by atoms with van der Waals surface area (Å²) in [6.07, 6.45) is 1.48. The monoisotopic (exact) mass is 1040 g/mol. The van der Waals surface area contributed by atoms with Crippen LogP contribution < -0.4 is 39.1 Å². The molecule has 0 amide bonds. The van der Waals surface area contributed by atoms with Crippen LogP contribution in [0.25, 0.3) is 71.7 Å². The molecule has 372 valence electrons. The summed E-state index contributed by atoms with van der Waals surface area (Å²) in [4.78, 5) is 4.01. The molecule has 0 atom stereocenters. The lowest BCUT2D eigenvalue weighted by atomic mass is 10.0. The summed E-state index contributed by atoms with van der Waals surface area (Å²) in [6, 6.07) is 38.4. The average molecular weight is 1040 g/mol. The highest BCUT2D eigenvalue weighted by Gasteiger charge is 2.30. The van der Waals surface area contributed by atoms with E-state index in [1.165, 1.54) is 28.3 Å². The molecule has 8 N–H and O–H groups in total. The summed E-state index contributed by atoms with van der Waals surface area (Å²) in [5.74, 6) is 23.8. The molecule has 0 saturated carbocycles. The van der Waals surface area contributed by atoms with Gasteiger partial charge in [-0.05, 0) is 118 Å². The highest BCUT2D eigenvalue weighted by molar-refractivity contribution is 6.32. The zero-order valence-corrected chi connectivity index (χ0v) is 42.0. The number of nitrogens with two attached hydrogens (primary N) is 4. The summed E-state index contributed by atoms with van der Waals surface area (Å²) in [7, 11) is 1.65. The molecular formula is C52H51Cl3F3N13O. The van der Waals surface area contributed by atoms with Gasteiger partial charge in [-0.25, -0.2) is 9.35 Å². The van der Waals surface area contributed by atoms with Crippen molar-refractivity contribution >= 4 is 73.2 Å². The summed E-state index contributed by atoms with van der Waals surface area (Å²) in [5.41, 5.74) is 7.16. The summed E-state index contributed by atoms with van der Waals surface area (Å²) < 4.78 is 48.5. The van der Waals surface area contributed by atoms with Crippen molar-refractivity contribution < 1.29 is 17.9 Å². The summed E-state index contributed by atoms with van der Waals surface area (Å²) in [5, 5.41) is 23.9. The first kappa shape index (κ1) is 53.5. The number of alkyl halides is 3. The van der Waals surface area contributed by atoms with E-state index >= 15 is 0 Å². The van der Waals surface area contributed by atoms with Crippen LogP contribution in [0.15, 0.2) is 156 Å². The van der Waals surface area contributed by atoms with Crippen molar-refractivity contribution in [2.45, 2.75) is 46.7 Å². The highest BCUT2D eigenvalue weighted by atomic mass is 35.5. The molecule has 0 aliphatic heterocycles. The Morgan fingerprint density at radius 3 is 1.53 bits per heavy atom. The number of hydrogen-bond donors (Lipinski definition) is 4. The number of nitrogen functional groups attached to an aromatic ring is 2. The second-order valence-corrected chi connectivity index (χ2v) is 17.1. The predicted molar refractivity (Wildman–Crippen MR) is 285 cm³/mol. The minimum absolute atomic E-state index is 0.143. The molecule has 10 rings (SSSR count). The van der Waals surface area contributed by atoms with Crippen LogP contribution in [0.3, 0.4) is 0 Å². The zero-order chi connectivity index (χ0) is 52.1. The molecule has 5 aromatic heterocycles. The van der Waals surface area contributed by atoms with Crippen LogP contribution in [0.4, 0.5) is 13.2 Å². The minimum Gasteiger partial charge on any atom is -0.497 e. The van der Waals surface area contributed by atoms with E-state index in [1.807, 2.05) is 72.8 Å². The van der Waals surface area contributed by atoms with Gasteiger partial charge in [-0.15, -0.1) is 5.10 Å². The van der Waals surface area contributed by atoms with Crippen molar-refractivity contribution in [3.8, 4) is 39.1 Å². The van der Waals surface area contributed by atoms with Gasteiger partial charge >= 0.3 is 6.18 Å². The second-order valence-electron chi connectivity index (χ2n) is 15.8. The first-order chi connectivity index (χ1) is 34.6. The van der Waals surface area contributed by atoms with E-state index < -0.39 is 11.7 Å². The van der Waals surface area contributed by atoms with Crippen molar-refractivity contribution in [2.75, 3.05) is 18.8 Å². The van der Waals surface area contributed by atoms with E-state index in [0.717, 1.165) is 61.9 Å². The van der Waals surface area contributed by atoms with Gasteiger partial charge in [-0.2, -0.15) is 27.9 Å². The zero-order valence-electron chi connectivity index (χ0n) is 39.8. The Morgan fingerprint density at radius 1 is 0.569 bits per heavy atom. The number of benzene rings is 5. The number of rotatable bonds is 4. The molecule has 0 bridgehead atoms. The lowest BCUT2D eigenvalue weighted by molar-refractivity contribution is -0.137. The van der Waals surface area contributed by atoms with Crippen molar-refractivity contribution in [2.24, 2.45) is 21.9 Å². The number of aromatic nitrogens is 7. The Balaban J connectivity index is 0.000000167. The van der Waals surface area contributed by atoms with Crippen molar-refractivity contribution in [3.63, 3.8) is 0 Å². The molecule has 5 heterocycles. The quantitative estimate of drug-likeness (QED) is 0.0976. The number of pyridine rings is 4. The van der Waals surface area contributed by atoms with Gasteiger partial charge in [0.25, 0.3) is 0 Å². The maximum absolute atomic E-state index is 13.0. The summed E-state index contributed by atoms with van der Waals surface area (Å²) >= 11 is 18.0. The van der Waals surface area contributed by atoms with Crippen LogP contribution in [0.5, 0.6) is 5.75 Å². The number of hydrogen-bond acceptors (Lipinski definition) is 11. The van der Waals surface area contributed by atoms with E-state index in [1.54, 1.807) is 60.4 Å². The summed E-state index contributed by atoms with van der Waals surface area (Å²) in [6.45, 7) is 8.50. The topological polar surface area (TPSA) is 204 Å². The van der Waals surface area contributed by atoms with Gasteiger partial charge in [0.2, 0.25) is 0 Å². The van der Waals surface area contributed by atoms with Crippen LogP contribution in [0, 0.1) is 0 Å². The Morgan fingerprint density at radius 2 is 1.03 bits per heavy atom. The minimum atomic E-state index is -4.45. The molecule has 20 heteroatoms. The van der Waals surface area contributed by atoms with Gasteiger partial charge < -0.3 is 28.1 Å². The fourth-order valence-corrected chi connectivity index (χ4v) is 7.77. The van der Waals surface area contributed by atoms with E-state index in [0.29, 0.717) is 48.2 Å². The molecule has 5 aromatic carbocycles. The van der Waals surface area contributed by atoms with Gasteiger partial charge in [-0.3, -0.25) is 4.98 Å². The van der Waals surface area contributed by atoms with Crippen LogP contribution in [-0.4, -0.2) is 41.5 Å². The smallest absolute Gasteiger partial charge is 0.416 e. The largest absolute Gasteiger partial charge is 0.497 e. The van der Waals surface area contributed by atoms with Crippen LogP contribution in [0.1, 0.15) is 46.1 Å². The number of fused-ring (bicyclic) bond motifs is 5. The number of halogens is 6. The van der Waals surface area contributed by atoms with Crippen molar-refractivity contribution in [3.05, 3.63) is 177 Å². The first-order valence-corrected chi connectivity index (χ1v) is 23.5. The fraction of sp³-hybridized carbons (Fsp3) is 0.154. The maximum Gasteiger partial charge on any atom is 0.416 e. The lowest BCUT2D eigenvalue weighted by Crippen LogP contribution is -2.31. The lowest BCUT2D eigenvalue weighted by Gasteiger charge is -2.13. The third kappa shape index (κ3) is 12.4. The molecule has 10 aromatic rings. The third-order valence-electron chi connectivity index (χ3n) is 10.4. The first-order valence-electron chi connectivity index (χ1n) is 22.3. The van der Waals surface area contributed by atoms with E-state index in [4.69, 9.17) is 62.9 Å². The molecule has 0 radical (unpaired) electrons. The fourth-order valence-electron chi connectivity index (χ4n) is 7.27. The van der Waals surface area contributed by atoms with Gasteiger partial charge in [-0.1, -0.05) is 118 Å². The van der Waals surface area contributed by atoms with E-state index in [2.05, 4.69) is 64.5 Å². The van der Waals surface area contributed by atoms with E-state index in [9.17, 15) is 13.2 Å². The van der Waals surface area contributed by atoms with Crippen molar-refractivity contribution in [1.82, 2.24) is 34.4 Å². The highest BCUT2D eigenvalue weighted by Crippen LogP contribution is 2.33. The van der Waals surface area contributed by atoms with Gasteiger partial charge in [0.1, 0.15) is 5.75 Å². The van der Waals surface area contributed by atoms with Crippen molar-refractivity contribution in [1.29, 1.82) is 0 Å². The van der Waals surface area contributed by atoms with Crippen LogP contribution in [0.2, 0.25) is 15.1 Å². The normalized spacial score (nSPS) is 11.5. The van der Waals surface area contributed by atoms with Gasteiger partial charge in [0, 0.05) is 60.3 Å². The molecular weight excluding hydrogens is 986 g/mol. The number of tetrazole rings is 1. The molecule has 0 saturated heterocycles. The van der Waals surface area contributed by atoms with Gasteiger partial charge in [0.15, 0.2) is 16.6 Å². The predicted octanol–water partition coefficient (Wildman–Crippen LogP) is 11.8. The number of methoxy groups -OCH3 is 1. The van der Waals surface area contributed by atoms with Crippen LogP contribution >= 0.6 is 34.8 Å². The Kier molecular flexibility index (Phi) is 18.1. The molecule has 0 unspecified atom stereocenters. The number of ether oxygens (including phenoxy) is 1.